The Morgan fingerprint density at radius 1 is 1.09 bits per heavy atom. The van der Waals surface area contributed by atoms with Crippen LogP contribution in [0.25, 0.3) is 21.8 Å². The van der Waals surface area contributed by atoms with Crippen LogP contribution in [0.2, 0.25) is 0 Å². The number of aromatic hydroxyl groups is 1. The maximum atomic E-state index is 11.7. The average molecular weight is 474 g/mol. The number of aromatic nitrogens is 4. The van der Waals surface area contributed by atoms with E-state index in [9.17, 15) is 9.90 Å². The first-order valence-electron chi connectivity index (χ1n) is 12.0. The molecule has 0 aliphatic carbocycles. The van der Waals surface area contributed by atoms with Gasteiger partial charge in [-0.05, 0) is 44.5 Å². The van der Waals surface area contributed by atoms with E-state index in [4.69, 9.17) is 9.97 Å². The zero-order valence-corrected chi connectivity index (χ0v) is 20.6. The molecule has 1 aliphatic heterocycles. The monoisotopic (exact) mass is 473 g/mol. The maximum absolute atomic E-state index is 11.7. The second-order valence-electron chi connectivity index (χ2n) is 9.40. The molecule has 3 aromatic heterocycles. The molecule has 4 aromatic rings. The van der Waals surface area contributed by atoms with Gasteiger partial charge < -0.3 is 24.8 Å². The van der Waals surface area contributed by atoms with Crippen molar-refractivity contribution < 1.29 is 9.90 Å². The number of carbonyl (C=O) groups is 1. The molecule has 1 aliphatic rings. The minimum absolute atomic E-state index is 0.0374. The van der Waals surface area contributed by atoms with E-state index in [-0.39, 0.29) is 23.9 Å². The molecule has 0 radical (unpaired) electrons. The number of nitrogens with zero attached hydrogens (tertiary/aromatic N) is 6. The molecule has 1 atom stereocenters. The number of fused-ring (bicyclic) bond motifs is 2. The summed E-state index contributed by atoms with van der Waals surface area (Å²) < 4.78 is 1.81. The zero-order chi connectivity index (χ0) is 24.7. The van der Waals surface area contributed by atoms with Gasteiger partial charge in [-0.2, -0.15) is 4.98 Å². The predicted octanol–water partition coefficient (Wildman–Crippen LogP) is 4.11. The summed E-state index contributed by atoms with van der Waals surface area (Å²) in [6, 6.07) is 10.3. The normalized spacial score (nSPS) is 15.2. The number of rotatable bonds is 5. The highest BCUT2D eigenvalue weighted by molar-refractivity contribution is 5.94. The molecular formula is C26H31N7O2. The van der Waals surface area contributed by atoms with Crippen LogP contribution in [0, 0.1) is 0 Å². The third-order valence-corrected chi connectivity index (χ3v) is 6.70. The fourth-order valence-corrected chi connectivity index (χ4v) is 4.59. The summed E-state index contributed by atoms with van der Waals surface area (Å²) in [6.45, 7) is 10.3. The molecule has 0 spiro atoms. The Hall–Kier alpha value is -3.88. The van der Waals surface area contributed by atoms with Crippen LogP contribution in [0.1, 0.15) is 45.3 Å². The van der Waals surface area contributed by atoms with E-state index >= 15 is 0 Å². The van der Waals surface area contributed by atoms with Gasteiger partial charge in [0.2, 0.25) is 17.7 Å². The molecule has 1 amide bonds. The summed E-state index contributed by atoms with van der Waals surface area (Å²) in [5, 5.41) is 16.4. The molecule has 2 N–H and O–H groups in total. The first-order valence-corrected chi connectivity index (χ1v) is 12.0. The fraction of sp³-hybridized carbons (Fsp3) is 0.385. The van der Waals surface area contributed by atoms with E-state index in [2.05, 4.69) is 40.3 Å². The summed E-state index contributed by atoms with van der Waals surface area (Å²) in [6.07, 6.45) is 3.71. The lowest BCUT2D eigenvalue weighted by molar-refractivity contribution is -0.129. The van der Waals surface area contributed by atoms with Crippen molar-refractivity contribution >= 4 is 39.5 Å². The number of pyridine rings is 1. The molecule has 1 fully saturated rings. The second kappa shape index (κ2) is 9.05. The summed E-state index contributed by atoms with van der Waals surface area (Å²) in [5.74, 6) is 1.44. The van der Waals surface area contributed by atoms with Crippen LogP contribution in [0.4, 0.5) is 11.8 Å². The van der Waals surface area contributed by atoms with Gasteiger partial charge in [-0.1, -0.05) is 12.1 Å². The Morgan fingerprint density at radius 2 is 1.86 bits per heavy atom. The fourth-order valence-electron chi connectivity index (χ4n) is 4.59. The smallest absolute Gasteiger partial charge is 0.228 e. The number of hydrogen-bond donors (Lipinski definition) is 2. The summed E-state index contributed by atoms with van der Waals surface area (Å²) in [4.78, 5) is 29.7. The van der Waals surface area contributed by atoms with Crippen LogP contribution in [0.15, 0.2) is 42.7 Å². The number of carbonyl (C=O) groups excluding carboxylic acids is 1. The number of hydrogen-bond acceptors (Lipinski definition) is 7. The zero-order valence-electron chi connectivity index (χ0n) is 20.6. The number of benzene rings is 1. The molecule has 0 bridgehead atoms. The van der Waals surface area contributed by atoms with Gasteiger partial charge in [0, 0.05) is 63.0 Å². The maximum Gasteiger partial charge on any atom is 0.228 e. The van der Waals surface area contributed by atoms with Gasteiger partial charge in [0.15, 0.2) is 0 Å². The third kappa shape index (κ3) is 4.34. The Bertz CT molecular complexity index is 1390. The standard InChI is InChI=1S/C26H31N7O2/c1-16(2)33-15-21-23(25(33)35)29-26(32-12-10-31(11-13-32)18(4)34)30-24(21)28-17(3)19-7-8-22-20(14-19)6-5-9-27-22/h5-9,14-17,35H,10-13H2,1-4H3,(H,28,29,30)/t17-/m1/s1. The van der Waals surface area contributed by atoms with Gasteiger partial charge in [-0.25, -0.2) is 4.98 Å². The lowest BCUT2D eigenvalue weighted by Gasteiger charge is -2.34. The lowest BCUT2D eigenvalue weighted by Crippen LogP contribution is -2.48. The van der Waals surface area contributed by atoms with Gasteiger partial charge >= 0.3 is 0 Å². The van der Waals surface area contributed by atoms with E-state index in [1.54, 1.807) is 13.1 Å². The molecule has 4 heterocycles. The van der Waals surface area contributed by atoms with Crippen LogP contribution in [0.3, 0.4) is 0 Å². The van der Waals surface area contributed by atoms with Crippen molar-refractivity contribution in [3.05, 3.63) is 48.3 Å². The molecule has 0 saturated carbocycles. The van der Waals surface area contributed by atoms with Crippen molar-refractivity contribution in [2.75, 3.05) is 36.4 Å². The number of anilines is 2. The topological polar surface area (TPSA) is 99.4 Å². The minimum Gasteiger partial charge on any atom is -0.493 e. The van der Waals surface area contributed by atoms with Crippen LogP contribution >= 0.6 is 0 Å². The largest absolute Gasteiger partial charge is 0.493 e. The highest BCUT2D eigenvalue weighted by Crippen LogP contribution is 2.35. The van der Waals surface area contributed by atoms with Gasteiger partial charge in [0.25, 0.3) is 0 Å². The van der Waals surface area contributed by atoms with Crippen molar-refractivity contribution in [3.8, 4) is 5.88 Å². The third-order valence-electron chi connectivity index (χ3n) is 6.70. The Labute approximate surface area is 204 Å². The highest BCUT2D eigenvalue weighted by atomic mass is 16.3. The van der Waals surface area contributed by atoms with E-state index in [1.807, 2.05) is 41.6 Å². The second-order valence-corrected chi connectivity index (χ2v) is 9.40. The van der Waals surface area contributed by atoms with Crippen LogP contribution in [-0.2, 0) is 4.79 Å². The summed E-state index contributed by atoms with van der Waals surface area (Å²) in [5.41, 5.74) is 2.59. The molecule has 9 heteroatoms. The van der Waals surface area contributed by atoms with E-state index in [0.717, 1.165) is 21.9 Å². The molecule has 182 valence electrons. The Morgan fingerprint density at radius 3 is 2.57 bits per heavy atom. The quantitative estimate of drug-likeness (QED) is 0.450. The number of nitrogens with one attached hydrogen (secondary N) is 1. The Balaban J connectivity index is 1.52. The summed E-state index contributed by atoms with van der Waals surface area (Å²) >= 11 is 0. The van der Waals surface area contributed by atoms with Crippen molar-refractivity contribution in [3.63, 3.8) is 0 Å². The van der Waals surface area contributed by atoms with Crippen molar-refractivity contribution in [2.24, 2.45) is 0 Å². The first kappa shape index (κ1) is 22.9. The van der Waals surface area contributed by atoms with E-state index < -0.39 is 0 Å². The minimum atomic E-state index is -0.0374. The van der Waals surface area contributed by atoms with Crippen LogP contribution in [-0.4, -0.2) is 61.6 Å². The number of amides is 1. The molecule has 1 saturated heterocycles. The Kier molecular flexibility index (Phi) is 5.92. The predicted molar refractivity (Wildman–Crippen MR) is 138 cm³/mol. The molecule has 5 rings (SSSR count). The van der Waals surface area contributed by atoms with E-state index in [1.165, 1.54) is 0 Å². The molecular weight excluding hydrogens is 442 g/mol. The highest BCUT2D eigenvalue weighted by Gasteiger charge is 2.24. The number of piperazine rings is 1. The summed E-state index contributed by atoms with van der Waals surface area (Å²) in [7, 11) is 0. The van der Waals surface area contributed by atoms with Crippen molar-refractivity contribution in [1.82, 2.24) is 24.4 Å². The molecule has 1 aromatic carbocycles. The van der Waals surface area contributed by atoms with Gasteiger partial charge in [0.05, 0.1) is 10.9 Å². The van der Waals surface area contributed by atoms with Gasteiger partial charge in [0.1, 0.15) is 11.3 Å². The first-order chi connectivity index (χ1) is 16.8. The molecule has 9 nitrogen and oxygen atoms in total. The van der Waals surface area contributed by atoms with Crippen LogP contribution < -0.4 is 10.2 Å². The van der Waals surface area contributed by atoms with Crippen molar-refractivity contribution in [1.29, 1.82) is 0 Å². The van der Waals surface area contributed by atoms with Crippen molar-refractivity contribution in [2.45, 2.75) is 39.8 Å². The molecule has 35 heavy (non-hydrogen) atoms. The van der Waals surface area contributed by atoms with Crippen LogP contribution in [0.5, 0.6) is 5.88 Å². The van der Waals surface area contributed by atoms with Gasteiger partial charge in [-0.3, -0.25) is 9.78 Å². The van der Waals surface area contributed by atoms with E-state index in [0.29, 0.717) is 43.5 Å². The lowest BCUT2D eigenvalue weighted by atomic mass is 10.1. The molecule has 0 unspecified atom stereocenters. The van der Waals surface area contributed by atoms with Gasteiger partial charge in [-0.15, -0.1) is 0 Å². The average Bonchev–Trinajstić information content (AvgIpc) is 3.20. The SMILES string of the molecule is CC(=O)N1CCN(c2nc(N[C@H](C)c3ccc4ncccc4c3)c3cn(C(C)C)c(O)c3n2)CC1.